The normalized spacial score (nSPS) is 15.4. The molecule has 164 valence electrons. The van der Waals surface area contributed by atoms with Gasteiger partial charge in [0.15, 0.2) is 0 Å². The highest BCUT2D eigenvalue weighted by Crippen LogP contribution is 2.50. The Bertz CT molecular complexity index is 664. The Balaban J connectivity index is 7.21. The third-order valence-corrected chi connectivity index (χ3v) is 8.25. The lowest BCUT2D eigenvalue weighted by Gasteiger charge is -2.43. The lowest BCUT2D eigenvalue weighted by Crippen LogP contribution is -2.66. The molecule has 0 amide bonds. The number of nitrogens with zero attached hydrogens (tertiary/aromatic N) is 1. The second-order valence-corrected chi connectivity index (χ2v) is 14.8. The fourth-order valence-corrected chi connectivity index (χ4v) is 7.69. The van der Waals surface area contributed by atoms with Crippen LogP contribution in [0.15, 0.2) is 0 Å². The molecule has 0 aliphatic heterocycles. The van der Waals surface area contributed by atoms with Crippen LogP contribution in [0.1, 0.15) is 39.5 Å². The highest BCUT2D eigenvalue weighted by Gasteiger charge is 2.68. The van der Waals surface area contributed by atoms with Crippen LogP contribution in [0.25, 0.3) is 0 Å². The monoisotopic (exact) mass is 469 g/mol. The Morgan fingerprint density at radius 1 is 0.778 bits per heavy atom. The summed E-state index contributed by atoms with van der Waals surface area (Å²) in [5.74, 6) is 0. The first kappa shape index (κ1) is 26.8. The summed E-state index contributed by atoms with van der Waals surface area (Å²) < 4.78 is 126. The summed E-state index contributed by atoms with van der Waals surface area (Å²) >= 11 is 0. The topological polar surface area (TPSA) is 83.6 Å². The van der Waals surface area contributed by atoms with Gasteiger partial charge in [0.2, 0.25) is 0 Å². The van der Waals surface area contributed by atoms with Gasteiger partial charge in [-0.3, -0.25) is 0 Å². The van der Waals surface area contributed by atoms with E-state index >= 15 is 0 Å². The molecule has 0 spiro atoms. The molecule has 15 heteroatoms. The van der Waals surface area contributed by atoms with Crippen molar-refractivity contribution in [2.45, 2.75) is 56.2 Å². The molecule has 0 fully saturated rings. The minimum Gasteiger partial charge on any atom is -0.202 e. The van der Waals surface area contributed by atoms with E-state index in [0.717, 1.165) is 0 Å². The van der Waals surface area contributed by atoms with Gasteiger partial charge >= 0.3 is 31.1 Å². The summed E-state index contributed by atoms with van der Waals surface area (Å²) in [5.41, 5.74) is -15.1. The highest BCUT2D eigenvalue weighted by molar-refractivity contribution is 8.04. The van der Waals surface area contributed by atoms with Gasteiger partial charge in [0, 0.05) is 0 Å². The van der Waals surface area contributed by atoms with E-state index in [2.05, 4.69) is 5.09 Å². The van der Waals surface area contributed by atoms with Gasteiger partial charge in [-0.25, -0.2) is 16.8 Å². The molecule has 0 radical (unpaired) electrons. The fourth-order valence-electron chi connectivity index (χ4n) is 2.69. The first-order valence-corrected chi connectivity index (χ1v) is 13.7. The van der Waals surface area contributed by atoms with Crippen LogP contribution in [0.4, 0.5) is 26.3 Å². The molecule has 27 heavy (non-hydrogen) atoms. The van der Waals surface area contributed by atoms with Crippen molar-refractivity contribution in [2.75, 3.05) is 20.0 Å². The number of halogens is 6. The van der Waals surface area contributed by atoms with Crippen molar-refractivity contribution in [1.82, 2.24) is 8.80 Å². The third kappa shape index (κ3) is 5.91. The number of hydrogen-bond acceptors (Lipinski definition) is 5. The zero-order valence-electron chi connectivity index (χ0n) is 15.4. The molecule has 0 saturated carbocycles. The molecule has 0 atom stereocenters. The molecular weight excluding hydrogens is 445 g/mol. The fraction of sp³-hybridized carbons (Fsp3) is 1.00. The van der Waals surface area contributed by atoms with Crippen molar-refractivity contribution >= 4 is 27.5 Å². The standard InChI is InChI=1S/C12H24F6N2O4PS2/c1-6-8-10(9-7-2,19-25(3,4)5)20(26(21,22)11(13,14)15)27(23,24)12(16,17)18/h19H,6-9H2,1-5H3/q+1. The van der Waals surface area contributed by atoms with Crippen molar-refractivity contribution in [2.24, 2.45) is 0 Å². The Morgan fingerprint density at radius 3 is 1.26 bits per heavy atom. The Labute approximate surface area is 156 Å². The molecule has 0 unspecified atom stereocenters. The number of alkyl halides is 6. The van der Waals surface area contributed by atoms with Gasteiger partial charge in [-0.05, 0) is 12.8 Å². The van der Waals surface area contributed by atoms with Crippen LogP contribution in [-0.4, -0.2) is 57.2 Å². The Kier molecular flexibility index (Phi) is 8.24. The van der Waals surface area contributed by atoms with Crippen molar-refractivity contribution in [1.29, 1.82) is 0 Å². The molecule has 0 saturated heterocycles. The summed E-state index contributed by atoms with van der Waals surface area (Å²) in [5, 5.41) is 2.51. The SMILES string of the molecule is CCCC(CCC)(N[P+](C)(C)C)N(S(=O)(=O)C(F)(F)F)S(=O)(=O)C(F)(F)F. The molecule has 0 aromatic carbocycles. The average molecular weight is 469 g/mol. The van der Waals surface area contributed by atoms with E-state index in [-0.39, 0.29) is 12.8 Å². The maximum Gasteiger partial charge on any atom is 0.512 e. The predicted molar refractivity (Wildman–Crippen MR) is 92.2 cm³/mol. The van der Waals surface area contributed by atoms with E-state index < -0.39 is 60.7 Å². The van der Waals surface area contributed by atoms with Crippen LogP contribution < -0.4 is 5.09 Å². The average Bonchev–Trinajstić information content (AvgIpc) is 2.33. The second kappa shape index (κ2) is 8.29. The Hall–Kier alpha value is -0.170. The number of hydrogen-bond donors (Lipinski definition) is 1. The zero-order chi connectivity index (χ0) is 22.1. The lowest BCUT2D eigenvalue weighted by molar-refractivity contribution is -0.0582. The quantitative estimate of drug-likeness (QED) is 0.316. The largest absolute Gasteiger partial charge is 0.512 e. The molecule has 0 rings (SSSR count). The van der Waals surface area contributed by atoms with E-state index in [4.69, 9.17) is 0 Å². The summed E-state index contributed by atoms with van der Waals surface area (Å²) in [7, 11) is -16.2. The summed E-state index contributed by atoms with van der Waals surface area (Å²) in [6, 6.07) is 0. The van der Waals surface area contributed by atoms with Gasteiger partial charge in [0.1, 0.15) is 5.66 Å². The summed E-state index contributed by atoms with van der Waals surface area (Å²) in [4.78, 5) is 0. The van der Waals surface area contributed by atoms with E-state index in [1.165, 1.54) is 33.8 Å². The summed E-state index contributed by atoms with van der Waals surface area (Å²) in [6.07, 6.45) is -1.26. The lowest BCUT2D eigenvalue weighted by atomic mass is 10.0. The molecule has 0 aromatic rings. The molecule has 0 heterocycles. The van der Waals surface area contributed by atoms with Gasteiger partial charge in [-0.2, -0.15) is 31.4 Å². The molecular formula is C12H24F6N2O4PS2+. The number of rotatable bonds is 9. The van der Waals surface area contributed by atoms with E-state index in [9.17, 15) is 43.2 Å². The first-order chi connectivity index (χ1) is 11.7. The molecule has 0 bridgehead atoms. The smallest absolute Gasteiger partial charge is 0.202 e. The molecule has 1 N–H and O–H groups in total. The number of sulfonamides is 2. The minimum atomic E-state index is -6.87. The molecule has 0 aliphatic carbocycles. The maximum absolute atomic E-state index is 13.2. The zero-order valence-corrected chi connectivity index (χ0v) is 18.0. The van der Waals surface area contributed by atoms with Crippen LogP contribution in [0, 0.1) is 0 Å². The van der Waals surface area contributed by atoms with Gasteiger partial charge in [0.05, 0.1) is 27.4 Å². The second-order valence-electron chi connectivity index (χ2n) is 6.75. The van der Waals surface area contributed by atoms with Gasteiger partial charge in [0.25, 0.3) is 0 Å². The van der Waals surface area contributed by atoms with E-state index in [1.54, 1.807) is 0 Å². The van der Waals surface area contributed by atoms with Crippen molar-refractivity contribution < 1.29 is 43.2 Å². The van der Waals surface area contributed by atoms with E-state index in [0.29, 0.717) is 0 Å². The maximum atomic E-state index is 13.2. The highest BCUT2D eigenvalue weighted by atomic mass is 32.3. The van der Waals surface area contributed by atoms with Gasteiger partial charge in [-0.15, -0.1) is 0 Å². The molecule has 0 aliphatic rings. The summed E-state index contributed by atoms with van der Waals surface area (Å²) in [6.45, 7) is 7.22. The molecule has 0 aromatic heterocycles. The third-order valence-electron chi connectivity index (χ3n) is 3.24. The van der Waals surface area contributed by atoms with Crippen LogP contribution in [-0.2, 0) is 20.0 Å². The molecule has 6 nitrogen and oxygen atoms in total. The Morgan fingerprint density at radius 2 is 1.07 bits per heavy atom. The van der Waals surface area contributed by atoms with Gasteiger partial charge in [-0.1, -0.05) is 30.4 Å². The van der Waals surface area contributed by atoms with Crippen LogP contribution in [0.3, 0.4) is 0 Å². The minimum absolute atomic E-state index is 0.0652. The van der Waals surface area contributed by atoms with Crippen molar-refractivity contribution in [3.05, 3.63) is 0 Å². The van der Waals surface area contributed by atoms with Crippen molar-refractivity contribution in [3.63, 3.8) is 0 Å². The van der Waals surface area contributed by atoms with Crippen LogP contribution >= 0.6 is 7.41 Å². The van der Waals surface area contributed by atoms with E-state index in [1.807, 2.05) is 0 Å². The predicted octanol–water partition coefficient (Wildman–Crippen LogP) is 3.70. The van der Waals surface area contributed by atoms with Crippen LogP contribution in [0.5, 0.6) is 0 Å². The number of nitrogens with one attached hydrogen (secondary N) is 1. The van der Waals surface area contributed by atoms with Crippen molar-refractivity contribution in [3.8, 4) is 0 Å². The first-order valence-electron chi connectivity index (χ1n) is 7.73. The van der Waals surface area contributed by atoms with Gasteiger partial charge < -0.3 is 0 Å². The van der Waals surface area contributed by atoms with Crippen LogP contribution in [0.2, 0.25) is 0 Å².